The first-order valence-electron chi connectivity index (χ1n) is 5.88. The van der Waals surface area contributed by atoms with E-state index in [-0.39, 0.29) is 6.04 Å². The van der Waals surface area contributed by atoms with Crippen LogP contribution in [0.2, 0.25) is 5.02 Å². The van der Waals surface area contributed by atoms with Crippen molar-refractivity contribution in [1.29, 1.82) is 0 Å². The minimum absolute atomic E-state index is 0.0473. The van der Waals surface area contributed by atoms with Gasteiger partial charge in [0.05, 0.1) is 0 Å². The maximum Gasteiger partial charge on any atom is 0.0465 e. The first-order chi connectivity index (χ1) is 8.60. The molecule has 0 spiro atoms. The van der Waals surface area contributed by atoms with Crippen LogP contribution in [0.15, 0.2) is 34.8 Å². The summed E-state index contributed by atoms with van der Waals surface area (Å²) in [5.74, 6) is 0. The van der Waals surface area contributed by atoms with Gasteiger partial charge in [0.1, 0.15) is 0 Å². The van der Waals surface area contributed by atoms with Crippen molar-refractivity contribution in [3.8, 4) is 0 Å². The molecule has 0 bridgehead atoms. The average Bonchev–Trinajstić information content (AvgIpc) is 2.76. The number of halogens is 2. The molecule has 0 fully saturated rings. The Kier molecular flexibility index (Phi) is 4.84. The molecule has 2 rings (SSSR count). The van der Waals surface area contributed by atoms with Gasteiger partial charge in [0.15, 0.2) is 0 Å². The predicted molar refractivity (Wildman–Crippen MR) is 83.5 cm³/mol. The molecule has 1 aromatic carbocycles. The quantitative estimate of drug-likeness (QED) is 0.832. The topological polar surface area (TPSA) is 26.0 Å². The van der Waals surface area contributed by atoms with Gasteiger partial charge in [-0.25, -0.2) is 0 Å². The maximum absolute atomic E-state index is 6.24. The molecule has 18 heavy (non-hydrogen) atoms. The fourth-order valence-electron chi connectivity index (χ4n) is 1.85. The summed E-state index contributed by atoms with van der Waals surface area (Å²) in [5, 5.41) is 0.726. The summed E-state index contributed by atoms with van der Waals surface area (Å²) in [6.45, 7) is 2.17. The molecule has 0 aliphatic carbocycles. The number of rotatable bonds is 4. The van der Waals surface area contributed by atoms with Crippen LogP contribution in [0.25, 0.3) is 0 Å². The summed E-state index contributed by atoms with van der Waals surface area (Å²) >= 11 is 11.5. The van der Waals surface area contributed by atoms with Crippen molar-refractivity contribution < 1.29 is 0 Å². The second-order valence-electron chi connectivity index (χ2n) is 4.20. The third-order valence-electron chi connectivity index (χ3n) is 2.85. The highest BCUT2D eigenvalue weighted by Gasteiger charge is 2.12. The van der Waals surface area contributed by atoms with E-state index in [9.17, 15) is 0 Å². The van der Waals surface area contributed by atoms with Crippen molar-refractivity contribution in [2.24, 2.45) is 5.73 Å². The van der Waals surface area contributed by atoms with Gasteiger partial charge in [0.2, 0.25) is 0 Å². The Labute approximate surface area is 125 Å². The van der Waals surface area contributed by atoms with E-state index >= 15 is 0 Å². The summed E-state index contributed by atoms with van der Waals surface area (Å²) in [6.07, 6.45) is 1.92. The number of benzene rings is 1. The molecule has 0 aliphatic heterocycles. The second-order valence-corrected chi connectivity index (χ2v) is 6.77. The summed E-state index contributed by atoms with van der Waals surface area (Å²) in [6, 6.07) is 10.2. The molecule has 2 aromatic rings. The lowest BCUT2D eigenvalue weighted by Crippen LogP contribution is -2.13. The van der Waals surface area contributed by atoms with E-state index < -0.39 is 0 Å². The fraction of sp³-hybridized carbons (Fsp3) is 0.286. The van der Waals surface area contributed by atoms with Crippen molar-refractivity contribution in [3.05, 3.63) is 55.1 Å². The first-order valence-corrected chi connectivity index (χ1v) is 7.87. The SMILES string of the molecule is CCc1ccc(CC(N)c2ccc(Br)cc2Cl)s1. The standard InChI is InChI=1S/C14H15BrClNS/c1-2-10-4-5-11(18-10)8-14(17)12-6-3-9(15)7-13(12)16/h3-7,14H,2,8,17H2,1H3. The molecule has 0 saturated heterocycles. The minimum atomic E-state index is -0.0473. The molecule has 0 saturated carbocycles. The van der Waals surface area contributed by atoms with Crippen LogP contribution in [0, 0.1) is 0 Å². The van der Waals surface area contributed by atoms with Gasteiger partial charge in [-0.2, -0.15) is 0 Å². The zero-order chi connectivity index (χ0) is 13.1. The van der Waals surface area contributed by atoms with Crippen LogP contribution in [0.1, 0.15) is 28.3 Å². The fourth-order valence-corrected chi connectivity index (χ4v) is 3.68. The highest BCUT2D eigenvalue weighted by Crippen LogP contribution is 2.29. The molecular formula is C14H15BrClNS. The molecule has 96 valence electrons. The minimum Gasteiger partial charge on any atom is -0.324 e. The summed E-state index contributed by atoms with van der Waals surface area (Å²) in [4.78, 5) is 2.72. The molecule has 1 aromatic heterocycles. The molecule has 1 atom stereocenters. The molecule has 4 heteroatoms. The zero-order valence-electron chi connectivity index (χ0n) is 10.1. The van der Waals surface area contributed by atoms with Gasteiger partial charge in [-0.15, -0.1) is 11.3 Å². The lowest BCUT2D eigenvalue weighted by molar-refractivity contribution is 0.730. The van der Waals surface area contributed by atoms with Crippen molar-refractivity contribution >= 4 is 38.9 Å². The summed E-state index contributed by atoms with van der Waals surface area (Å²) < 4.78 is 0.979. The smallest absolute Gasteiger partial charge is 0.0465 e. The van der Waals surface area contributed by atoms with Crippen molar-refractivity contribution in [3.63, 3.8) is 0 Å². The summed E-state index contributed by atoms with van der Waals surface area (Å²) in [5.41, 5.74) is 7.24. The Morgan fingerprint density at radius 2 is 2.00 bits per heavy atom. The van der Waals surface area contributed by atoms with Crippen LogP contribution >= 0.6 is 38.9 Å². The Hall–Kier alpha value is -0.350. The normalized spacial score (nSPS) is 12.7. The van der Waals surface area contributed by atoms with Crippen LogP contribution in [0.3, 0.4) is 0 Å². The van der Waals surface area contributed by atoms with E-state index in [0.29, 0.717) is 0 Å². The van der Waals surface area contributed by atoms with Gasteiger partial charge < -0.3 is 5.73 Å². The van der Waals surface area contributed by atoms with E-state index in [2.05, 4.69) is 35.0 Å². The van der Waals surface area contributed by atoms with Gasteiger partial charge in [-0.05, 0) is 36.2 Å². The molecular weight excluding hydrogens is 330 g/mol. The highest BCUT2D eigenvalue weighted by molar-refractivity contribution is 9.10. The Balaban J connectivity index is 2.13. The third kappa shape index (κ3) is 3.35. The molecule has 0 amide bonds. The number of aryl methyl sites for hydroxylation is 1. The average molecular weight is 345 g/mol. The van der Waals surface area contributed by atoms with Crippen LogP contribution in [-0.4, -0.2) is 0 Å². The van der Waals surface area contributed by atoms with E-state index in [1.807, 2.05) is 29.5 Å². The van der Waals surface area contributed by atoms with Gasteiger partial charge >= 0.3 is 0 Å². The molecule has 1 unspecified atom stereocenters. The second kappa shape index (κ2) is 6.20. The van der Waals surface area contributed by atoms with Gasteiger partial charge in [0, 0.05) is 31.7 Å². The van der Waals surface area contributed by atoms with Crippen LogP contribution in [0.5, 0.6) is 0 Å². The van der Waals surface area contributed by atoms with Gasteiger partial charge in [0.25, 0.3) is 0 Å². The van der Waals surface area contributed by atoms with E-state index in [4.69, 9.17) is 17.3 Å². The van der Waals surface area contributed by atoms with Crippen LogP contribution in [-0.2, 0) is 12.8 Å². The Morgan fingerprint density at radius 3 is 2.61 bits per heavy atom. The van der Waals surface area contributed by atoms with Gasteiger partial charge in [-0.3, -0.25) is 0 Å². The lowest BCUT2D eigenvalue weighted by atomic mass is 10.0. The van der Waals surface area contributed by atoms with E-state index in [0.717, 1.165) is 27.9 Å². The van der Waals surface area contributed by atoms with Crippen LogP contribution in [0.4, 0.5) is 0 Å². The molecule has 0 radical (unpaired) electrons. The molecule has 1 heterocycles. The van der Waals surface area contributed by atoms with Gasteiger partial charge in [-0.1, -0.05) is 40.5 Å². The third-order valence-corrected chi connectivity index (χ3v) is 4.92. The number of thiophene rings is 1. The number of hydrogen-bond acceptors (Lipinski definition) is 2. The lowest BCUT2D eigenvalue weighted by Gasteiger charge is -2.13. The van der Waals surface area contributed by atoms with Crippen molar-refractivity contribution in [2.75, 3.05) is 0 Å². The van der Waals surface area contributed by atoms with E-state index in [1.165, 1.54) is 9.75 Å². The molecule has 2 N–H and O–H groups in total. The van der Waals surface area contributed by atoms with E-state index in [1.54, 1.807) is 0 Å². The predicted octanol–water partition coefficient (Wildman–Crippen LogP) is 4.97. The largest absolute Gasteiger partial charge is 0.324 e. The zero-order valence-corrected chi connectivity index (χ0v) is 13.3. The Morgan fingerprint density at radius 1 is 1.28 bits per heavy atom. The highest BCUT2D eigenvalue weighted by atomic mass is 79.9. The number of nitrogens with two attached hydrogens (primary N) is 1. The maximum atomic E-state index is 6.24. The van der Waals surface area contributed by atoms with Crippen LogP contribution < -0.4 is 5.73 Å². The molecule has 1 nitrogen and oxygen atoms in total. The van der Waals surface area contributed by atoms with Crippen molar-refractivity contribution in [1.82, 2.24) is 0 Å². The Bertz CT molecular complexity index is 538. The monoisotopic (exact) mass is 343 g/mol. The first kappa shape index (κ1) is 14.1. The number of hydrogen-bond donors (Lipinski definition) is 1. The summed E-state index contributed by atoms with van der Waals surface area (Å²) in [7, 11) is 0. The van der Waals surface area contributed by atoms with Crippen molar-refractivity contribution in [2.45, 2.75) is 25.8 Å². The molecule has 0 aliphatic rings.